The second-order valence-electron chi connectivity index (χ2n) is 10.6. The smallest absolute Gasteiger partial charge is 0.242 e. The molecule has 36 heavy (non-hydrogen) atoms. The SMILES string of the molecule is CN1CCN(C(=O)CC2(COc3ccc(Cl)cc3)CCN(C(=O)CN3CCCCCC3=O)CC2)CC1. The molecule has 198 valence electrons. The van der Waals surface area contributed by atoms with E-state index in [1.54, 1.807) is 17.0 Å². The third-order valence-corrected chi connectivity index (χ3v) is 8.17. The second-order valence-corrected chi connectivity index (χ2v) is 11.0. The second kappa shape index (κ2) is 12.3. The molecule has 0 atom stereocenters. The molecule has 3 aliphatic heterocycles. The maximum atomic E-state index is 13.3. The van der Waals surface area contributed by atoms with Gasteiger partial charge in [0.25, 0.3) is 0 Å². The minimum Gasteiger partial charge on any atom is -0.493 e. The van der Waals surface area contributed by atoms with Crippen molar-refractivity contribution in [3.63, 3.8) is 0 Å². The Hall–Kier alpha value is -2.32. The van der Waals surface area contributed by atoms with Crippen LogP contribution in [0.5, 0.6) is 5.75 Å². The lowest BCUT2D eigenvalue weighted by molar-refractivity contribution is -0.143. The summed E-state index contributed by atoms with van der Waals surface area (Å²) in [7, 11) is 2.08. The number of piperidine rings is 1. The van der Waals surface area contributed by atoms with Gasteiger partial charge in [0, 0.05) is 69.1 Å². The molecule has 0 radical (unpaired) electrons. The zero-order valence-corrected chi connectivity index (χ0v) is 22.2. The Balaban J connectivity index is 1.38. The van der Waals surface area contributed by atoms with Gasteiger partial charge in [-0.15, -0.1) is 0 Å². The molecule has 3 heterocycles. The minimum absolute atomic E-state index is 0.00265. The summed E-state index contributed by atoms with van der Waals surface area (Å²) in [6.45, 7) is 5.65. The van der Waals surface area contributed by atoms with Gasteiger partial charge in [-0.3, -0.25) is 14.4 Å². The molecule has 4 rings (SSSR count). The molecule has 3 amide bonds. The van der Waals surface area contributed by atoms with Crippen molar-refractivity contribution in [2.24, 2.45) is 5.41 Å². The van der Waals surface area contributed by atoms with Crippen molar-refractivity contribution in [3.8, 4) is 5.75 Å². The van der Waals surface area contributed by atoms with E-state index in [-0.39, 0.29) is 29.7 Å². The molecule has 3 fully saturated rings. The fourth-order valence-corrected chi connectivity index (χ4v) is 5.45. The first-order valence-corrected chi connectivity index (χ1v) is 13.6. The van der Waals surface area contributed by atoms with Crippen molar-refractivity contribution >= 4 is 29.3 Å². The molecule has 0 aliphatic carbocycles. The van der Waals surface area contributed by atoms with Crippen molar-refractivity contribution in [2.45, 2.75) is 44.9 Å². The number of carbonyl (C=O) groups excluding carboxylic acids is 3. The zero-order valence-electron chi connectivity index (χ0n) is 21.4. The predicted molar refractivity (Wildman–Crippen MR) is 139 cm³/mol. The third-order valence-electron chi connectivity index (χ3n) is 7.92. The molecular weight excluding hydrogens is 480 g/mol. The summed E-state index contributed by atoms with van der Waals surface area (Å²) >= 11 is 6.02. The number of amides is 3. The highest BCUT2D eigenvalue weighted by Gasteiger charge is 2.40. The Bertz CT molecular complexity index is 909. The van der Waals surface area contributed by atoms with Gasteiger partial charge in [0.1, 0.15) is 5.75 Å². The van der Waals surface area contributed by atoms with Crippen LogP contribution in [0.25, 0.3) is 0 Å². The number of likely N-dealkylation sites (tertiary alicyclic amines) is 2. The molecular formula is C27H39ClN4O4. The van der Waals surface area contributed by atoms with Crippen LogP contribution < -0.4 is 4.74 Å². The molecule has 3 aliphatic rings. The Morgan fingerprint density at radius 2 is 1.56 bits per heavy atom. The third kappa shape index (κ3) is 7.13. The van der Waals surface area contributed by atoms with Crippen LogP contribution in [0, 0.1) is 5.41 Å². The highest BCUT2D eigenvalue weighted by molar-refractivity contribution is 6.30. The first-order chi connectivity index (χ1) is 17.3. The van der Waals surface area contributed by atoms with Crippen LogP contribution >= 0.6 is 11.6 Å². The summed E-state index contributed by atoms with van der Waals surface area (Å²) < 4.78 is 6.16. The largest absolute Gasteiger partial charge is 0.493 e. The highest BCUT2D eigenvalue weighted by Crippen LogP contribution is 2.37. The lowest BCUT2D eigenvalue weighted by Gasteiger charge is -2.43. The number of hydrogen-bond donors (Lipinski definition) is 0. The van der Waals surface area contributed by atoms with E-state index in [4.69, 9.17) is 16.3 Å². The molecule has 0 spiro atoms. The quantitative estimate of drug-likeness (QED) is 0.555. The van der Waals surface area contributed by atoms with Crippen LogP contribution in [0.4, 0.5) is 0 Å². The fourth-order valence-electron chi connectivity index (χ4n) is 5.33. The summed E-state index contributed by atoms with van der Waals surface area (Å²) in [6, 6.07) is 7.28. The molecule has 9 heteroatoms. The number of ether oxygens (including phenoxy) is 1. The molecule has 0 aromatic heterocycles. The standard InChI is InChI=1S/C27H39ClN4O4/c1-29-15-17-31(18-16-29)25(34)19-27(21-36-23-8-6-22(28)7-9-23)10-13-30(14-11-27)26(35)20-32-12-4-2-3-5-24(32)33/h6-9H,2-5,10-21H2,1H3. The number of halogens is 1. The Labute approximate surface area is 219 Å². The van der Waals surface area contributed by atoms with Crippen molar-refractivity contribution < 1.29 is 19.1 Å². The topological polar surface area (TPSA) is 73.4 Å². The van der Waals surface area contributed by atoms with Gasteiger partial charge in [0.15, 0.2) is 0 Å². The van der Waals surface area contributed by atoms with Crippen molar-refractivity contribution in [1.82, 2.24) is 19.6 Å². The number of hydrogen-bond acceptors (Lipinski definition) is 5. The number of piperazine rings is 1. The van der Waals surface area contributed by atoms with Gasteiger partial charge < -0.3 is 24.3 Å². The normalized spacial score (nSPS) is 21.3. The van der Waals surface area contributed by atoms with Crippen LogP contribution in [0.2, 0.25) is 5.02 Å². The van der Waals surface area contributed by atoms with Crippen molar-refractivity contribution in [1.29, 1.82) is 0 Å². The van der Waals surface area contributed by atoms with E-state index >= 15 is 0 Å². The number of carbonyl (C=O) groups is 3. The minimum atomic E-state index is -0.338. The lowest BCUT2D eigenvalue weighted by Crippen LogP contribution is -2.52. The first-order valence-electron chi connectivity index (χ1n) is 13.2. The van der Waals surface area contributed by atoms with E-state index in [0.717, 1.165) is 51.2 Å². The number of benzene rings is 1. The summed E-state index contributed by atoms with van der Waals surface area (Å²) in [5.74, 6) is 0.978. The Kier molecular flexibility index (Phi) is 9.12. The van der Waals surface area contributed by atoms with Crippen LogP contribution in [0.1, 0.15) is 44.9 Å². The molecule has 0 saturated carbocycles. The number of nitrogens with zero attached hydrogens (tertiary/aromatic N) is 4. The van der Waals surface area contributed by atoms with Gasteiger partial charge in [-0.1, -0.05) is 18.0 Å². The summed E-state index contributed by atoms with van der Waals surface area (Å²) in [5, 5.41) is 0.650. The van der Waals surface area contributed by atoms with Gasteiger partial charge in [-0.05, 0) is 57.0 Å². The maximum Gasteiger partial charge on any atom is 0.242 e. The van der Waals surface area contributed by atoms with Crippen molar-refractivity contribution in [3.05, 3.63) is 29.3 Å². The molecule has 8 nitrogen and oxygen atoms in total. The van der Waals surface area contributed by atoms with E-state index in [9.17, 15) is 14.4 Å². The molecule has 1 aromatic rings. The molecule has 0 bridgehead atoms. The average molecular weight is 519 g/mol. The van der Waals surface area contributed by atoms with Gasteiger partial charge in [0.2, 0.25) is 17.7 Å². The average Bonchev–Trinajstić information content (AvgIpc) is 3.08. The van der Waals surface area contributed by atoms with Crippen LogP contribution in [0.15, 0.2) is 24.3 Å². The van der Waals surface area contributed by atoms with Crippen LogP contribution in [-0.2, 0) is 14.4 Å². The van der Waals surface area contributed by atoms with Gasteiger partial charge in [-0.2, -0.15) is 0 Å². The van der Waals surface area contributed by atoms with Gasteiger partial charge in [-0.25, -0.2) is 0 Å². The van der Waals surface area contributed by atoms with Crippen LogP contribution in [-0.4, -0.2) is 103 Å². The summed E-state index contributed by atoms with van der Waals surface area (Å²) in [6.07, 6.45) is 5.24. The zero-order chi connectivity index (χ0) is 25.5. The number of rotatable bonds is 7. The van der Waals surface area contributed by atoms with Gasteiger partial charge >= 0.3 is 0 Å². The van der Waals surface area contributed by atoms with E-state index in [1.807, 2.05) is 21.9 Å². The van der Waals surface area contributed by atoms with Crippen molar-refractivity contribution in [2.75, 3.05) is 66.0 Å². The Morgan fingerprint density at radius 1 is 0.889 bits per heavy atom. The van der Waals surface area contributed by atoms with E-state index < -0.39 is 0 Å². The monoisotopic (exact) mass is 518 g/mol. The Morgan fingerprint density at radius 3 is 2.25 bits per heavy atom. The van der Waals surface area contributed by atoms with Crippen LogP contribution in [0.3, 0.4) is 0 Å². The predicted octanol–water partition coefficient (Wildman–Crippen LogP) is 2.89. The highest BCUT2D eigenvalue weighted by atomic mass is 35.5. The lowest BCUT2D eigenvalue weighted by atomic mass is 9.75. The van der Waals surface area contributed by atoms with E-state index in [1.165, 1.54) is 0 Å². The summed E-state index contributed by atoms with van der Waals surface area (Å²) in [5.41, 5.74) is -0.338. The summed E-state index contributed by atoms with van der Waals surface area (Å²) in [4.78, 5) is 46.5. The van der Waals surface area contributed by atoms with E-state index in [2.05, 4.69) is 11.9 Å². The van der Waals surface area contributed by atoms with Gasteiger partial charge in [0.05, 0.1) is 13.2 Å². The first kappa shape index (κ1) is 26.7. The molecule has 3 saturated heterocycles. The molecule has 0 N–H and O–H groups in total. The molecule has 1 aromatic carbocycles. The number of likely N-dealkylation sites (N-methyl/N-ethyl adjacent to an activating group) is 1. The fraction of sp³-hybridized carbons (Fsp3) is 0.667. The maximum absolute atomic E-state index is 13.3. The van der Waals surface area contributed by atoms with E-state index in [0.29, 0.717) is 56.9 Å². The molecule has 0 unspecified atom stereocenters.